The van der Waals surface area contributed by atoms with E-state index in [0.29, 0.717) is 23.7 Å². The van der Waals surface area contributed by atoms with Crippen molar-refractivity contribution in [2.75, 3.05) is 24.3 Å². The van der Waals surface area contributed by atoms with Gasteiger partial charge in [-0.2, -0.15) is 0 Å². The molecular weight excluding hydrogens is 362 g/mol. The molecule has 29 heavy (non-hydrogen) atoms. The minimum absolute atomic E-state index is 0.0269. The molecule has 0 heterocycles. The molecule has 0 unspecified atom stereocenters. The van der Waals surface area contributed by atoms with E-state index in [4.69, 9.17) is 0 Å². The van der Waals surface area contributed by atoms with Gasteiger partial charge in [-0.1, -0.05) is 58.3 Å². The van der Waals surface area contributed by atoms with Crippen LogP contribution in [0.15, 0.2) is 18.2 Å². The number of amides is 2. The van der Waals surface area contributed by atoms with Crippen molar-refractivity contribution in [2.45, 2.75) is 90.0 Å². The zero-order chi connectivity index (χ0) is 21.1. The number of carbonyl (C=O) groups excluding carboxylic acids is 2. The van der Waals surface area contributed by atoms with Crippen LogP contribution in [0.1, 0.15) is 94.3 Å². The molecule has 1 aromatic rings. The van der Waals surface area contributed by atoms with Crippen LogP contribution >= 0.6 is 0 Å². The van der Waals surface area contributed by atoms with Gasteiger partial charge in [-0.05, 0) is 37.5 Å². The molecule has 1 fully saturated rings. The van der Waals surface area contributed by atoms with Crippen LogP contribution in [0.2, 0.25) is 0 Å². The highest BCUT2D eigenvalue weighted by Gasteiger charge is 2.25. The lowest BCUT2D eigenvalue weighted by Gasteiger charge is -2.18. The summed E-state index contributed by atoms with van der Waals surface area (Å²) in [5.41, 5.74) is 2.17. The van der Waals surface area contributed by atoms with Crippen LogP contribution in [0, 0.1) is 0 Å². The molecule has 0 spiro atoms. The molecule has 1 saturated carbocycles. The van der Waals surface area contributed by atoms with Gasteiger partial charge in [-0.3, -0.25) is 9.59 Å². The molecule has 5 heteroatoms. The van der Waals surface area contributed by atoms with Gasteiger partial charge in [0, 0.05) is 37.9 Å². The molecule has 1 aliphatic carbocycles. The summed E-state index contributed by atoms with van der Waals surface area (Å²) in [5.74, 6) is -0.0367. The third kappa shape index (κ3) is 8.88. The Morgan fingerprint density at radius 2 is 1.59 bits per heavy atom. The number of benzene rings is 1. The summed E-state index contributed by atoms with van der Waals surface area (Å²) >= 11 is 0. The summed E-state index contributed by atoms with van der Waals surface area (Å²) in [6.45, 7) is 2.24. The number of hydrogen-bond donors (Lipinski definition) is 2. The Hall–Kier alpha value is -2.04. The first-order valence-corrected chi connectivity index (χ1v) is 11.4. The number of unbranched alkanes of at least 4 members (excludes halogenated alkanes) is 8. The Morgan fingerprint density at radius 3 is 2.17 bits per heavy atom. The molecule has 0 atom stereocenters. The number of rotatable bonds is 14. The molecule has 0 aromatic heterocycles. The van der Waals surface area contributed by atoms with Crippen LogP contribution in [-0.2, 0) is 4.79 Å². The molecule has 2 rings (SSSR count). The molecule has 1 aliphatic rings. The fourth-order valence-electron chi connectivity index (χ4n) is 3.50. The van der Waals surface area contributed by atoms with E-state index in [9.17, 15) is 9.59 Å². The maximum Gasteiger partial charge on any atom is 0.253 e. The quantitative estimate of drug-likeness (QED) is 0.404. The minimum Gasteiger partial charge on any atom is -0.377 e. The van der Waals surface area contributed by atoms with Crippen LogP contribution in [0.25, 0.3) is 0 Å². The molecular formula is C24H39N3O2. The number of carbonyl (C=O) groups is 2. The zero-order valence-electron chi connectivity index (χ0n) is 18.6. The van der Waals surface area contributed by atoms with Gasteiger partial charge < -0.3 is 15.5 Å². The first-order chi connectivity index (χ1) is 14.0. The Balaban J connectivity index is 1.74. The topological polar surface area (TPSA) is 61.4 Å². The number of nitrogens with zero attached hydrogens (tertiary/aromatic N) is 1. The van der Waals surface area contributed by atoms with Crippen molar-refractivity contribution in [3.63, 3.8) is 0 Å². The average Bonchev–Trinajstić information content (AvgIpc) is 3.50. The van der Waals surface area contributed by atoms with E-state index in [-0.39, 0.29) is 11.8 Å². The van der Waals surface area contributed by atoms with E-state index in [0.717, 1.165) is 31.4 Å². The maximum atomic E-state index is 12.6. The van der Waals surface area contributed by atoms with Crippen LogP contribution in [0.5, 0.6) is 0 Å². The van der Waals surface area contributed by atoms with Crippen LogP contribution < -0.4 is 15.5 Å². The summed E-state index contributed by atoms with van der Waals surface area (Å²) in [4.78, 5) is 26.8. The fourth-order valence-corrected chi connectivity index (χ4v) is 3.50. The molecule has 5 nitrogen and oxygen atoms in total. The normalized spacial score (nSPS) is 13.2. The Kier molecular flexibility index (Phi) is 10.0. The smallest absolute Gasteiger partial charge is 0.253 e. The Bertz CT molecular complexity index is 654. The van der Waals surface area contributed by atoms with Crippen molar-refractivity contribution in [3.8, 4) is 0 Å². The van der Waals surface area contributed by atoms with Gasteiger partial charge in [-0.15, -0.1) is 0 Å². The number of anilines is 2. The molecule has 2 amide bonds. The van der Waals surface area contributed by atoms with Crippen molar-refractivity contribution in [3.05, 3.63) is 23.8 Å². The molecule has 0 aliphatic heterocycles. The number of nitrogens with one attached hydrogen (secondary N) is 2. The third-order valence-electron chi connectivity index (χ3n) is 5.43. The van der Waals surface area contributed by atoms with Gasteiger partial charge in [-0.25, -0.2) is 0 Å². The van der Waals surface area contributed by atoms with Crippen molar-refractivity contribution in [1.82, 2.24) is 5.32 Å². The zero-order valence-corrected chi connectivity index (χ0v) is 18.6. The average molecular weight is 402 g/mol. The van der Waals surface area contributed by atoms with Gasteiger partial charge in [0.25, 0.3) is 5.91 Å². The van der Waals surface area contributed by atoms with E-state index in [1.165, 1.54) is 44.9 Å². The monoisotopic (exact) mass is 401 g/mol. The second-order valence-electron chi connectivity index (χ2n) is 8.50. The summed E-state index contributed by atoms with van der Waals surface area (Å²) in [7, 11) is 3.84. The van der Waals surface area contributed by atoms with E-state index in [1.807, 2.05) is 31.1 Å². The lowest BCUT2D eigenvalue weighted by Crippen LogP contribution is -2.27. The van der Waals surface area contributed by atoms with E-state index in [1.54, 1.807) is 6.07 Å². The summed E-state index contributed by atoms with van der Waals surface area (Å²) in [5, 5.41) is 6.00. The van der Waals surface area contributed by atoms with Gasteiger partial charge in [0.05, 0.1) is 5.56 Å². The van der Waals surface area contributed by atoms with Crippen LogP contribution in [0.4, 0.5) is 11.4 Å². The third-order valence-corrected chi connectivity index (χ3v) is 5.43. The fraction of sp³-hybridized carbons (Fsp3) is 0.667. The first-order valence-electron chi connectivity index (χ1n) is 11.4. The van der Waals surface area contributed by atoms with Crippen molar-refractivity contribution < 1.29 is 9.59 Å². The van der Waals surface area contributed by atoms with Crippen LogP contribution in [-0.4, -0.2) is 32.0 Å². The van der Waals surface area contributed by atoms with E-state index >= 15 is 0 Å². The number of hydrogen-bond acceptors (Lipinski definition) is 3. The molecule has 162 valence electrons. The predicted molar refractivity (Wildman–Crippen MR) is 122 cm³/mol. The predicted octanol–water partition coefficient (Wildman–Crippen LogP) is 5.50. The molecule has 0 bridgehead atoms. The largest absolute Gasteiger partial charge is 0.377 e. The van der Waals surface area contributed by atoms with Gasteiger partial charge in [0.15, 0.2) is 0 Å². The standard InChI is InChI=1S/C24H39N3O2/c1-4-5-6-7-8-9-10-11-12-13-23(28)25-20-16-17-22(27(2)3)21(18-20)24(29)26-19-14-15-19/h16-19H,4-15H2,1-3H3,(H,25,28)(H,26,29). The van der Waals surface area contributed by atoms with Crippen molar-refractivity contribution in [1.29, 1.82) is 0 Å². The highest BCUT2D eigenvalue weighted by atomic mass is 16.2. The SMILES string of the molecule is CCCCCCCCCCCC(=O)Nc1ccc(N(C)C)c(C(=O)NC2CC2)c1. The van der Waals surface area contributed by atoms with Crippen LogP contribution in [0.3, 0.4) is 0 Å². The lowest BCUT2D eigenvalue weighted by atomic mass is 10.1. The lowest BCUT2D eigenvalue weighted by molar-refractivity contribution is -0.116. The molecule has 0 saturated heterocycles. The Morgan fingerprint density at radius 1 is 0.966 bits per heavy atom. The molecule has 1 aromatic carbocycles. The van der Waals surface area contributed by atoms with E-state index < -0.39 is 0 Å². The second kappa shape index (κ2) is 12.5. The van der Waals surface area contributed by atoms with Crippen molar-refractivity contribution in [2.24, 2.45) is 0 Å². The van der Waals surface area contributed by atoms with E-state index in [2.05, 4.69) is 17.6 Å². The minimum atomic E-state index is -0.0637. The first kappa shape index (κ1) is 23.2. The van der Waals surface area contributed by atoms with Gasteiger partial charge in [0.1, 0.15) is 0 Å². The summed E-state index contributed by atoms with van der Waals surface area (Å²) < 4.78 is 0. The molecule has 2 N–H and O–H groups in total. The summed E-state index contributed by atoms with van der Waals surface area (Å²) in [6, 6.07) is 5.87. The van der Waals surface area contributed by atoms with Gasteiger partial charge >= 0.3 is 0 Å². The van der Waals surface area contributed by atoms with Gasteiger partial charge in [0.2, 0.25) is 5.91 Å². The molecule has 0 radical (unpaired) electrons. The highest BCUT2D eigenvalue weighted by molar-refractivity contribution is 6.02. The Labute approximate surface area is 176 Å². The summed E-state index contributed by atoms with van der Waals surface area (Å²) in [6.07, 6.45) is 13.8. The van der Waals surface area contributed by atoms with Crippen molar-refractivity contribution >= 4 is 23.2 Å². The second-order valence-corrected chi connectivity index (χ2v) is 8.50. The highest BCUT2D eigenvalue weighted by Crippen LogP contribution is 2.25. The maximum absolute atomic E-state index is 12.6.